The van der Waals surface area contributed by atoms with E-state index in [0.29, 0.717) is 19.3 Å². The molecule has 0 spiro atoms. The van der Waals surface area contributed by atoms with Crippen molar-refractivity contribution >= 4 is 17.9 Å². The van der Waals surface area contributed by atoms with E-state index in [2.05, 4.69) is 167 Å². The van der Waals surface area contributed by atoms with Crippen molar-refractivity contribution in [3.63, 3.8) is 0 Å². The minimum atomic E-state index is -0.802. The van der Waals surface area contributed by atoms with Gasteiger partial charge in [-0.05, 0) is 148 Å². The zero-order valence-corrected chi connectivity index (χ0v) is 52.5. The number of esters is 3. The van der Waals surface area contributed by atoms with Gasteiger partial charge in [0.15, 0.2) is 6.10 Å². The summed E-state index contributed by atoms with van der Waals surface area (Å²) in [4.78, 5) is 38.3. The quantitative estimate of drug-likeness (QED) is 0.0261. The van der Waals surface area contributed by atoms with E-state index in [-0.39, 0.29) is 31.1 Å². The van der Waals surface area contributed by atoms with Crippen molar-refractivity contribution in [2.45, 2.75) is 297 Å². The molecule has 458 valence electrons. The second-order valence-corrected chi connectivity index (χ2v) is 21.6. The van der Waals surface area contributed by atoms with Crippen LogP contribution in [0.3, 0.4) is 0 Å². The van der Waals surface area contributed by atoms with Crippen molar-refractivity contribution < 1.29 is 28.6 Å². The highest BCUT2D eigenvalue weighted by molar-refractivity contribution is 5.71. The lowest BCUT2D eigenvalue weighted by Gasteiger charge is -2.18. The van der Waals surface area contributed by atoms with Gasteiger partial charge in [-0.1, -0.05) is 269 Å². The fourth-order valence-electron chi connectivity index (χ4n) is 8.81. The van der Waals surface area contributed by atoms with Gasteiger partial charge in [0, 0.05) is 19.3 Å². The minimum Gasteiger partial charge on any atom is -0.462 e. The maximum absolute atomic E-state index is 12.9. The van der Waals surface area contributed by atoms with E-state index in [4.69, 9.17) is 14.2 Å². The van der Waals surface area contributed by atoms with Crippen LogP contribution in [0.5, 0.6) is 0 Å². The Labute approximate surface area is 499 Å². The molecule has 0 N–H and O–H groups in total. The number of hydrogen-bond donors (Lipinski definition) is 0. The summed E-state index contributed by atoms with van der Waals surface area (Å²) >= 11 is 0. The Morgan fingerprint density at radius 1 is 0.259 bits per heavy atom. The van der Waals surface area contributed by atoms with Gasteiger partial charge in [-0.25, -0.2) is 0 Å². The van der Waals surface area contributed by atoms with Gasteiger partial charge >= 0.3 is 17.9 Å². The number of ether oxygens (including phenoxy) is 3. The Kier molecular flexibility index (Phi) is 63.9. The summed E-state index contributed by atoms with van der Waals surface area (Å²) in [6.07, 6.45) is 97.2. The van der Waals surface area contributed by atoms with Crippen molar-refractivity contribution in [1.29, 1.82) is 0 Å². The highest BCUT2D eigenvalue weighted by Gasteiger charge is 2.19. The number of unbranched alkanes of at least 4 members (excludes halogenated alkanes) is 24. The maximum atomic E-state index is 12.9. The second-order valence-electron chi connectivity index (χ2n) is 21.6. The van der Waals surface area contributed by atoms with E-state index in [1.807, 2.05) is 0 Å². The van der Waals surface area contributed by atoms with Crippen LogP contribution in [0.25, 0.3) is 0 Å². The van der Waals surface area contributed by atoms with Gasteiger partial charge in [0.05, 0.1) is 0 Å². The van der Waals surface area contributed by atoms with Crippen molar-refractivity contribution in [1.82, 2.24) is 0 Å². The third kappa shape index (κ3) is 66.0. The van der Waals surface area contributed by atoms with Gasteiger partial charge in [-0.2, -0.15) is 0 Å². The Morgan fingerprint density at radius 3 is 0.778 bits per heavy atom. The molecule has 0 aromatic carbocycles. The molecule has 1 atom stereocenters. The first-order valence-corrected chi connectivity index (χ1v) is 33.3. The van der Waals surface area contributed by atoms with E-state index in [1.165, 1.54) is 89.9 Å². The summed E-state index contributed by atoms with van der Waals surface area (Å²) in [6, 6.07) is 0. The molecule has 6 nitrogen and oxygen atoms in total. The van der Waals surface area contributed by atoms with Gasteiger partial charge in [-0.3, -0.25) is 14.4 Å². The molecule has 0 bridgehead atoms. The highest BCUT2D eigenvalue weighted by atomic mass is 16.6. The van der Waals surface area contributed by atoms with Gasteiger partial charge < -0.3 is 14.2 Å². The first-order valence-electron chi connectivity index (χ1n) is 33.3. The first kappa shape index (κ1) is 76.3. The molecule has 6 heteroatoms. The topological polar surface area (TPSA) is 78.9 Å². The Bertz CT molecular complexity index is 1760. The predicted molar refractivity (Wildman–Crippen MR) is 352 cm³/mol. The number of hydrogen-bond acceptors (Lipinski definition) is 6. The monoisotopic (exact) mass is 1120 g/mol. The van der Waals surface area contributed by atoms with Crippen LogP contribution in [-0.2, 0) is 28.6 Å². The number of carbonyl (C=O) groups excluding carboxylic acids is 3. The van der Waals surface area contributed by atoms with E-state index in [1.54, 1.807) is 0 Å². The summed E-state index contributed by atoms with van der Waals surface area (Å²) in [5, 5.41) is 0. The molecular formula is C75H122O6. The Hall–Kier alpha value is -4.71. The van der Waals surface area contributed by atoms with Crippen LogP contribution in [-0.4, -0.2) is 37.2 Å². The minimum absolute atomic E-state index is 0.0967. The van der Waals surface area contributed by atoms with Gasteiger partial charge in [0.1, 0.15) is 13.2 Å². The van der Waals surface area contributed by atoms with Crippen LogP contribution < -0.4 is 0 Å². The van der Waals surface area contributed by atoms with Gasteiger partial charge in [-0.15, -0.1) is 0 Å². The average Bonchev–Trinajstić information content (AvgIpc) is 3.46. The second kappa shape index (κ2) is 67.8. The molecule has 0 aliphatic heterocycles. The van der Waals surface area contributed by atoms with Crippen LogP contribution in [0.4, 0.5) is 0 Å². The molecule has 0 saturated heterocycles. The standard InChI is InChI=1S/C75H122O6/c1-4-7-10-13-16-19-22-25-27-28-29-30-31-32-33-34-35-36-37-38-39-40-41-42-43-44-45-46-48-50-53-56-59-62-65-68-74(77)80-71-72(70-79-73(76)67-64-61-58-55-52-49-24-21-18-15-12-9-6-3)81-75(78)69-66-63-60-57-54-51-47-26-23-20-17-14-11-8-5-2/h7,10,16,19,21,24-27,29-30,32-33,35-36,38-39,41-42,44-45,47-48,50,72H,4-6,8-9,11-15,17-18,20,22-23,28,31,34,37,40,43,46,49,51-71H2,1-3H3/b10-7-,19-16-,24-21-,27-25-,30-29-,33-32-,36-35-,39-38-,42-41-,45-44-,47-26-,50-48-. The fourth-order valence-corrected chi connectivity index (χ4v) is 8.81. The van der Waals surface area contributed by atoms with Crippen LogP contribution in [0.15, 0.2) is 146 Å². The smallest absolute Gasteiger partial charge is 0.306 e. The van der Waals surface area contributed by atoms with Crippen molar-refractivity contribution in [2.75, 3.05) is 13.2 Å². The SMILES string of the molecule is CC/C=C\C/C=C\C/C=C\C/C=C\C/C=C\C/C=C\C/C=C\C/C=C\C/C=C\C/C=C\CCCCCCC(=O)OCC(COC(=O)CCCCCCC/C=C\CCCCCC)OC(=O)CCCCCCC/C=C\CCCCCCCC. The molecular weight excluding hydrogens is 997 g/mol. The van der Waals surface area contributed by atoms with Crippen LogP contribution in [0, 0.1) is 0 Å². The van der Waals surface area contributed by atoms with Gasteiger partial charge in [0.2, 0.25) is 0 Å². The maximum Gasteiger partial charge on any atom is 0.306 e. The summed E-state index contributed by atoms with van der Waals surface area (Å²) in [7, 11) is 0. The third-order valence-corrected chi connectivity index (χ3v) is 13.8. The Morgan fingerprint density at radius 2 is 0.481 bits per heavy atom. The lowest BCUT2D eigenvalue weighted by atomic mass is 10.1. The van der Waals surface area contributed by atoms with Crippen LogP contribution in [0.2, 0.25) is 0 Å². The molecule has 0 amide bonds. The average molecular weight is 1120 g/mol. The summed E-state index contributed by atoms with van der Waals surface area (Å²) in [5.74, 6) is -0.938. The summed E-state index contributed by atoms with van der Waals surface area (Å²) in [6.45, 7) is 6.47. The Balaban J connectivity index is 4.33. The van der Waals surface area contributed by atoms with Crippen molar-refractivity contribution in [3.8, 4) is 0 Å². The van der Waals surface area contributed by atoms with Crippen molar-refractivity contribution in [3.05, 3.63) is 146 Å². The largest absolute Gasteiger partial charge is 0.462 e. The number of carbonyl (C=O) groups is 3. The van der Waals surface area contributed by atoms with E-state index < -0.39 is 6.10 Å². The molecule has 0 aliphatic carbocycles. The molecule has 0 fully saturated rings. The normalized spacial score (nSPS) is 13.1. The molecule has 0 aliphatic rings. The van der Waals surface area contributed by atoms with Crippen LogP contribution in [0.1, 0.15) is 290 Å². The molecule has 0 rings (SSSR count). The molecule has 0 radical (unpaired) electrons. The summed E-state index contributed by atoms with van der Waals surface area (Å²) < 4.78 is 16.9. The predicted octanol–water partition coefficient (Wildman–Crippen LogP) is 23.1. The van der Waals surface area contributed by atoms with Crippen molar-refractivity contribution in [2.24, 2.45) is 0 Å². The van der Waals surface area contributed by atoms with Crippen LogP contribution >= 0.6 is 0 Å². The molecule has 0 aromatic rings. The first-order chi connectivity index (χ1) is 40.0. The highest BCUT2D eigenvalue weighted by Crippen LogP contribution is 2.14. The summed E-state index contributed by atoms with van der Waals surface area (Å²) in [5.41, 5.74) is 0. The molecule has 0 saturated carbocycles. The lowest BCUT2D eigenvalue weighted by molar-refractivity contribution is -0.167. The molecule has 0 aromatic heterocycles. The van der Waals surface area contributed by atoms with E-state index in [0.717, 1.165) is 161 Å². The molecule has 1 unspecified atom stereocenters. The zero-order valence-electron chi connectivity index (χ0n) is 52.5. The zero-order chi connectivity index (χ0) is 58.5. The molecule has 0 heterocycles. The number of allylic oxidation sites excluding steroid dienone is 24. The fraction of sp³-hybridized carbons (Fsp3) is 0.640. The van der Waals surface area contributed by atoms with E-state index in [9.17, 15) is 14.4 Å². The lowest BCUT2D eigenvalue weighted by Crippen LogP contribution is -2.30. The van der Waals surface area contributed by atoms with E-state index >= 15 is 0 Å². The third-order valence-electron chi connectivity index (χ3n) is 13.8. The number of rotatable bonds is 59. The van der Waals surface area contributed by atoms with Gasteiger partial charge in [0.25, 0.3) is 0 Å². The molecule has 81 heavy (non-hydrogen) atoms.